The fourth-order valence-electron chi connectivity index (χ4n) is 3.35. The van der Waals surface area contributed by atoms with Crippen molar-refractivity contribution in [3.63, 3.8) is 0 Å². The summed E-state index contributed by atoms with van der Waals surface area (Å²) in [6.45, 7) is 6.99. The van der Waals surface area contributed by atoms with E-state index < -0.39 is 0 Å². The number of nitrogens with zero attached hydrogens (tertiary/aromatic N) is 2. The lowest BCUT2D eigenvalue weighted by atomic mass is 9.98. The van der Waals surface area contributed by atoms with Gasteiger partial charge in [0.2, 0.25) is 0 Å². The van der Waals surface area contributed by atoms with Gasteiger partial charge in [-0.25, -0.2) is 0 Å². The number of pyridine rings is 1. The third-order valence-corrected chi connectivity index (χ3v) is 4.84. The Labute approximate surface area is 116 Å². The normalized spacial score (nSPS) is 30.2. The molecule has 2 fully saturated rings. The first kappa shape index (κ1) is 13.1. The van der Waals surface area contributed by atoms with Gasteiger partial charge in [0.15, 0.2) is 0 Å². The van der Waals surface area contributed by atoms with Gasteiger partial charge in [0.05, 0.1) is 0 Å². The third-order valence-electron chi connectivity index (χ3n) is 4.84. The van der Waals surface area contributed by atoms with E-state index in [-0.39, 0.29) is 0 Å². The number of hydrogen-bond acceptors (Lipinski definition) is 3. The van der Waals surface area contributed by atoms with Gasteiger partial charge in [-0.05, 0) is 49.8 Å². The van der Waals surface area contributed by atoms with Crippen LogP contribution in [-0.4, -0.2) is 35.1 Å². The fraction of sp³-hybridized carbons (Fsp3) is 0.688. The third kappa shape index (κ3) is 2.82. The van der Waals surface area contributed by atoms with Gasteiger partial charge in [-0.15, -0.1) is 0 Å². The minimum Gasteiger partial charge on any atom is -0.311 e. The molecule has 1 aliphatic heterocycles. The van der Waals surface area contributed by atoms with E-state index >= 15 is 0 Å². The molecule has 1 aliphatic carbocycles. The zero-order valence-electron chi connectivity index (χ0n) is 12.0. The molecule has 1 N–H and O–H groups in total. The van der Waals surface area contributed by atoms with E-state index in [0.29, 0.717) is 18.1 Å². The second kappa shape index (κ2) is 5.59. The maximum atomic E-state index is 4.13. The van der Waals surface area contributed by atoms with Crippen LogP contribution in [0.3, 0.4) is 0 Å². The standard InChI is InChI=1S/C16H25N3/c1-3-15-10-18-16(14-4-5-14)11-19(15)12(2)13-6-8-17-9-7-13/h6-9,12,14-16,18H,3-5,10-11H2,1-2H3. The van der Waals surface area contributed by atoms with Gasteiger partial charge in [-0.3, -0.25) is 9.88 Å². The van der Waals surface area contributed by atoms with Crippen molar-refractivity contribution in [2.24, 2.45) is 5.92 Å². The van der Waals surface area contributed by atoms with Crippen molar-refractivity contribution in [3.05, 3.63) is 30.1 Å². The van der Waals surface area contributed by atoms with Crippen LogP contribution in [0, 0.1) is 5.92 Å². The van der Waals surface area contributed by atoms with Crippen LogP contribution in [0.4, 0.5) is 0 Å². The molecule has 1 aromatic heterocycles. The Morgan fingerprint density at radius 1 is 1.37 bits per heavy atom. The summed E-state index contributed by atoms with van der Waals surface area (Å²) in [5.41, 5.74) is 1.39. The monoisotopic (exact) mass is 259 g/mol. The van der Waals surface area contributed by atoms with Crippen molar-refractivity contribution in [3.8, 4) is 0 Å². The van der Waals surface area contributed by atoms with Crippen LogP contribution in [0.1, 0.15) is 44.7 Å². The molecule has 2 aliphatic rings. The maximum Gasteiger partial charge on any atom is 0.0325 e. The highest BCUT2D eigenvalue weighted by Crippen LogP contribution is 2.36. The molecule has 104 valence electrons. The van der Waals surface area contributed by atoms with Gasteiger partial charge in [0.25, 0.3) is 0 Å². The Hall–Kier alpha value is -0.930. The van der Waals surface area contributed by atoms with E-state index in [1.165, 1.54) is 31.4 Å². The Kier molecular flexibility index (Phi) is 3.85. The summed E-state index contributed by atoms with van der Waals surface area (Å²) in [5.74, 6) is 0.935. The summed E-state index contributed by atoms with van der Waals surface area (Å²) in [6.07, 6.45) is 7.89. The van der Waals surface area contributed by atoms with E-state index in [9.17, 15) is 0 Å². The lowest BCUT2D eigenvalue weighted by molar-refractivity contribution is 0.0803. The molecule has 3 heteroatoms. The van der Waals surface area contributed by atoms with Crippen LogP contribution in [0.25, 0.3) is 0 Å². The Balaban J connectivity index is 1.74. The summed E-state index contributed by atoms with van der Waals surface area (Å²) in [7, 11) is 0. The van der Waals surface area contributed by atoms with E-state index in [4.69, 9.17) is 0 Å². The molecule has 2 heterocycles. The Morgan fingerprint density at radius 3 is 2.74 bits per heavy atom. The van der Waals surface area contributed by atoms with Gasteiger partial charge >= 0.3 is 0 Å². The van der Waals surface area contributed by atoms with Crippen molar-refractivity contribution in [1.29, 1.82) is 0 Å². The van der Waals surface area contributed by atoms with Crippen LogP contribution in [-0.2, 0) is 0 Å². The van der Waals surface area contributed by atoms with Crippen molar-refractivity contribution < 1.29 is 0 Å². The second-order valence-electron chi connectivity index (χ2n) is 6.07. The van der Waals surface area contributed by atoms with Crippen LogP contribution in [0.2, 0.25) is 0 Å². The van der Waals surface area contributed by atoms with E-state index in [1.54, 1.807) is 0 Å². The van der Waals surface area contributed by atoms with E-state index in [0.717, 1.165) is 12.5 Å². The second-order valence-corrected chi connectivity index (χ2v) is 6.07. The first-order valence-electron chi connectivity index (χ1n) is 7.68. The number of hydrogen-bond donors (Lipinski definition) is 1. The predicted molar refractivity (Wildman–Crippen MR) is 78.0 cm³/mol. The molecule has 3 atom stereocenters. The lowest BCUT2D eigenvalue weighted by Crippen LogP contribution is -2.57. The van der Waals surface area contributed by atoms with Crippen molar-refractivity contribution in [2.75, 3.05) is 13.1 Å². The smallest absolute Gasteiger partial charge is 0.0325 e. The number of piperazine rings is 1. The van der Waals surface area contributed by atoms with Crippen LogP contribution < -0.4 is 5.32 Å². The highest BCUT2D eigenvalue weighted by molar-refractivity contribution is 5.15. The van der Waals surface area contributed by atoms with Crippen LogP contribution in [0.5, 0.6) is 0 Å². The lowest BCUT2D eigenvalue weighted by Gasteiger charge is -2.44. The number of aromatic nitrogens is 1. The van der Waals surface area contributed by atoms with E-state index in [2.05, 4.69) is 41.2 Å². The summed E-state index contributed by atoms with van der Waals surface area (Å²) >= 11 is 0. The topological polar surface area (TPSA) is 28.2 Å². The molecule has 3 nitrogen and oxygen atoms in total. The van der Waals surface area contributed by atoms with Gasteiger partial charge < -0.3 is 5.32 Å². The highest BCUT2D eigenvalue weighted by Gasteiger charge is 2.38. The van der Waals surface area contributed by atoms with Crippen LogP contribution in [0.15, 0.2) is 24.5 Å². The van der Waals surface area contributed by atoms with Gasteiger partial charge in [-0.2, -0.15) is 0 Å². The quantitative estimate of drug-likeness (QED) is 0.901. The molecule has 1 saturated heterocycles. The van der Waals surface area contributed by atoms with Crippen molar-refractivity contribution in [2.45, 2.75) is 51.2 Å². The molecule has 0 amide bonds. The molecular formula is C16H25N3. The summed E-state index contributed by atoms with van der Waals surface area (Å²) in [6, 6.07) is 6.19. The average molecular weight is 259 g/mol. The van der Waals surface area contributed by atoms with Gasteiger partial charge in [-0.1, -0.05) is 6.92 Å². The summed E-state index contributed by atoms with van der Waals surface area (Å²) in [5, 5.41) is 3.76. The first-order chi connectivity index (χ1) is 9.29. The largest absolute Gasteiger partial charge is 0.311 e. The molecule has 19 heavy (non-hydrogen) atoms. The average Bonchev–Trinajstić information content (AvgIpc) is 3.31. The minimum absolute atomic E-state index is 0.497. The zero-order valence-corrected chi connectivity index (χ0v) is 12.0. The molecule has 3 unspecified atom stereocenters. The molecule has 0 aromatic carbocycles. The molecule has 0 radical (unpaired) electrons. The Bertz CT molecular complexity index is 402. The molecule has 3 rings (SSSR count). The van der Waals surface area contributed by atoms with Gasteiger partial charge in [0.1, 0.15) is 0 Å². The molecule has 1 aromatic rings. The SMILES string of the molecule is CCC1CNC(C2CC2)CN1C(C)c1ccncc1. The van der Waals surface area contributed by atoms with E-state index in [1.807, 2.05) is 12.4 Å². The maximum absolute atomic E-state index is 4.13. The first-order valence-corrected chi connectivity index (χ1v) is 7.68. The summed E-state index contributed by atoms with van der Waals surface area (Å²) < 4.78 is 0. The van der Waals surface area contributed by atoms with Crippen LogP contribution >= 0.6 is 0 Å². The number of rotatable bonds is 4. The van der Waals surface area contributed by atoms with Crippen molar-refractivity contribution in [1.82, 2.24) is 15.2 Å². The molecule has 0 spiro atoms. The molecule has 1 saturated carbocycles. The molecule has 0 bridgehead atoms. The predicted octanol–water partition coefficient (Wildman–Crippen LogP) is 2.61. The van der Waals surface area contributed by atoms with Crippen molar-refractivity contribution >= 4 is 0 Å². The minimum atomic E-state index is 0.497. The highest BCUT2D eigenvalue weighted by atomic mass is 15.3. The van der Waals surface area contributed by atoms with Gasteiger partial charge in [0, 0.05) is 43.6 Å². The zero-order chi connectivity index (χ0) is 13.2. The fourth-order valence-corrected chi connectivity index (χ4v) is 3.35. The molecular weight excluding hydrogens is 234 g/mol. The number of nitrogens with one attached hydrogen (secondary N) is 1. The summed E-state index contributed by atoms with van der Waals surface area (Å²) in [4.78, 5) is 6.84. The Morgan fingerprint density at radius 2 is 2.11 bits per heavy atom.